The van der Waals surface area contributed by atoms with E-state index in [-0.39, 0.29) is 5.60 Å². The van der Waals surface area contributed by atoms with Gasteiger partial charge < -0.3 is 14.4 Å². The van der Waals surface area contributed by atoms with E-state index < -0.39 is 0 Å². The van der Waals surface area contributed by atoms with Crippen LogP contribution >= 0.6 is 11.6 Å². The lowest BCUT2D eigenvalue weighted by Crippen LogP contribution is -2.42. The summed E-state index contributed by atoms with van der Waals surface area (Å²) in [6.45, 7) is 3.97. The molecule has 35 heavy (non-hydrogen) atoms. The SMILES string of the molecule is O=Nc1ccc2c(c1)C(=CCCN1CCC3(CC1)OCc1cc(Cl)ccc13)c1cccnc1CO2. The number of nitrogens with zero attached hydrogens (tertiary/aromatic N) is 3. The van der Waals surface area contributed by atoms with Crippen LogP contribution in [0.3, 0.4) is 0 Å². The van der Waals surface area contributed by atoms with E-state index in [0.717, 1.165) is 72.1 Å². The second-order valence-corrected chi connectivity index (χ2v) is 9.83. The Morgan fingerprint density at radius 2 is 1.97 bits per heavy atom. The Kier molecular flexibility index (Phi) is 5.88. The number of halogens is 1. The predicted octanol–water partition coefficient (Wildman–Crippen LogP) is 6.37. The number of pyridine rings is 1. The third-order valence-corrected chi connectivity index (χ3v) is 7.66. The highest BCUT2D eigenvalue weighted by Gasteiger charge is 2.42. The van der Waals surface area contributed by atoms with Crippen molar-refractivity contribution >= 4 is 22.9 Å². The maximum atomic E-state index is 11.2. The average Bonchev–Trinajstić information content (AvgIpc) is 3.14. The summed E-state index contributed by atoms with van der Waals surface area (Å²) >= 11 is 6.18. The molecular weight excluding hydrogens is 462 g/mol. The van der Waals surface area contributed by atoms with Gasteiger partial charge in [-0.15, -0.1) is 4.91 Å². The van der Waals surface area contributed by atoms with Crippen LogP contribution in [0.1, 0.15) is 47.2 Å². The van der Waals surface area contributed by atoms with Crippen molar-refractivity contribution in [2.45, 2.75) is 38.1 Å². The average molecular weight is 488 g/mol. The molecule has 178 valence electrons. The smallest absolute Gasteiger partial charge is 0.131 e. The predicted molar refractivity (Wildman–Crippen MR) is 136 cm³/mol. The lowest BCUT2D eigenvalue weighted by Gasteiger charge is -2.39. The summed E-state index contributed by atoms with van der Waals surface area (Å²) in [7, 11) is 0. The zero-order valence-electron chi connectivity index (χ0n) is 19.4. The van der Waals surface area contributed by atoms with Crippen LogP contribution in [0, 0.1) is 4.91 Å². The van der Waals surface area contributed by atoms with Crippen molar-refractivity contribution in [3.63, 3.8) is 0 Å². The van der Waals surface area contributed by atoms with Gasteiger partial charge in [-0.25, -0.2) is 0 Å². The fourth-order valence-electron chi connectivity index (χ4n) is 5.58. The Morgan fingerprint density at radius 3 is 2.83 bits per heavy atom. The van der Waals surface area contributed by atoms with Gasteiger partial charge in [0.05, 0.1) is 17.9 Å². The number of fused-ring (bicyclic) bond motifs is 4. The monoisotopic (exact) mass is 487 g/mol. The van der Waals surface area contributed by atoms with Crippen molar-refractivity contribution in [1.29, 1.82) is 0 Å². The molecule has 3 aromatic rings. The van der Waals surface area contributed by atoms with E-state index in [1.807, 2.05) is 30.3 Å². The van der Waals surface area contributed by atoms with Crippen molar-refractivity contribution in [3.8, 4) is 5.75 Å². The first-order valence-corrected chi connectivity index (χ1v) is 12.4. The van der Waals surface area contributed by atoms with Gasteiger partial charge in [0, 0.05) is 42.0 Å². The number of hydrogen-bond acceptors (Lipinski definition) is 6. The summed E-state index contributed by atoms with van der Waals surface area (Å²) in [6.07, 6.45) is 6.87. The largest absolute Gasteiger partial charge is 0.487 e. The number of benzene rings is 2. The van der Waals surface area contributed by atoms with Crippen LogP contribution in [0.4, 0.5) is 5.69 Å². The molecule has 3 aliphatic heterocycles. The van der Waals surface area contributed by atoms with E-state index in [0.29, 0.717) is 18.9 Å². The van der Waals surface area contributed by atoms with E-state index in [1.54, 1.807) is 12.3 Å². The molecule has 0 atom stereocenters. The van der Waals surface area contributed by atoms with E-state index in [1.165, 1.54) is 11.1 Å². The molecule has 0 radical (unpaired) electrons. The molecule has 0 N–H and O–H groups in total. The molecular formula is C28H26ClN3O3. The van der Waals surface area contributed by atoms with Gasteiger partial charge in [0.25, 0.3) is 0 Å². The highest BCUT2D eigenvalue weighted by atomic mass is 35.5. The van der Waals surface area contributed by atoms with Gasteiger partial charge in [0.1, 0.15) is 18.0 Å². The standard InChI is InChI=1S/C28H26ClN3O3/c29-20-5-7-25-19(15-20)17-35-28(25)9-13-32(14-10-28)12-2-4-22-23-3-1-11-30-26(23)18-34-27-8-6-21(31-33)16-24(22)27/h1,3-8,11,15-16H,2,9-10,12-14,17-18H2. The van der Waals surface area contributed by atoms with Crippen molar-refractivity contribution < 1.29 is 9.47 Å². The summed E-state index contributed by atoms with van der Waals surface area (Å²) < 4.78 is 12.3. The molecule has 6 nitrogen and oxygen atoms in total. The second-order valence-electron chi connectivity index (χ2n) is 9.39. The Balaban J connectivity index is 1.19. The number of nitroso groups, excluding NO2 is 1. The number of likely N-dealkylation sites (tertiary alicyclic amines) is 1. The molecule has 2 aromatic carbocycles. The summed E-state index contributed by atoms with van der Waals surface area (Å²) in [5, 5.41) is 3.90. The van der Waals surface area contributed by atoms with Gasteiger partial charge in [-0.3, -0.25) is 4.98 Å². The maximum Gasteiger partial charge on any atom is 0.131 e. The van der Waals surface area contributed by atoms with Gasteiger partial charge in [-0.05, 0) is 77.5 Å². The van der Waals surface area contributed by atoms with Gasteiger partial charge in [-0.2, -0.15) is 0 Å². The highest BCUT2D eigenvalue weighted by Crippen LogP contribution is 2.45. The molecule has 4 heterocycles. The lowest BCUT2D eigenvalue weighted by molar-refractivity contribution is -0.0785. The molecule has 1 spiro atoms. The van der Waals surface area contributed by atoms with Crippen molar-refractivity contribution in [2.24, 2.45) is 5.18 Å². The third kappa shape index (κ3) is 4.16. The minimum absolute atomic E-state index is 0.171. The molecule has 6 rings (SSSR count). The lowest BCUT2D eigenvalue weighted by atomic mass is 9.84. The van der Waals surface area contributed by atoms with E-state index in [4.69, 9.17) is 21.1 Å². The Labute approximate surface area is 209 Å². The number of hydrogen-bond donors (Lipinski definition) is 0. The molecule has 0 aliphatic carbocycles. The molecule has 0 unspecified atom stereocenters. The van der Waals surface area contributed by atoms with Crippen LogP contribution < -0.4 is 4.74 Å². The number of rotatable bonds is 4. The first-order valence-electron chi connectivity index (χ1n) is 12.1. The van der Waals surface area contributed by atoms with Gasteiger partial charge in [0.2, 0.25) is 0 Å². The fraction of sp³-hybridized carbons (Fsp3) is 0.321. The molecule has 1 saturated heterocycles. The molecule has 1 fully saturated rings. The highest BCUT2D eigenvalue weighted by molar-refractivity contribution is 6.30. The van der Waals surface area contributed by atoms with E-state index in [2.05, 4.69) is 33.3 Å². The summed E-state index contributed by atoms with van der Waals surface area (Å²) in [5.74, 6) is 0.749. The van der Waals surface area contributed by atoms with Crippen LogP contribution in [0.5, 0.6) is 5.75 Å². The Morgan fingerprint density at radius 1 is 1.09 bits per heavy atom. The number of piperidine rings is 1. The normalized spacial score (nSPS) is 19.5. The summed E-state index contributed by atoms with van der Waals surface area (Å²) in [6, 6.07) is 15.5. The third-order valence-electron chi connectivity index (χ3n) is 7.42. The first kappa shape index (κ1) is 22.4. The topological polar surface area (TPSA) is 64.0 Å². The van der Waals surface area contributed by atoms with Crippen LogP contribution in [0.15, 0.2) is 66.0 Å². The maximum absolute atomic E-state index is 11.2. The van der Waals surface area contributed by atoms with Crippen LogP contribution in [0.2, 0.25) is 5.02 Å². The van der Waals surface area contributed by atoms with Crippen LogP contribution in [-0.4, -0.2) is 29.5 Å². The zero-order chi connectivity index (χ0) is 23.8. The summed E-state index contributed by atoms with van der Waals surface area (Å²) in [4.78, 5) is 18.2. The molecule has 0 bridgehead atoms. The van der Waals surface area contributed by atoms with Gasteiger partial charge in [0.15, 0.2) is 0 Å². The zero-order valence-corrected chi connectivity index (χ0v) is 20.1. The van der Waals surface area contributed by atoms with Crippen LogP contribution in [-0.2, 0) is 23.6 Å². The Hall–Kier alpha value is -3.06. The van der Waals surface area contributed by atoms with Crippen LogP contribution in [0.25, 0.3) is 5.57 Å². The minimum atomic E-state index is -0.171. The quantitative estimate of drug-likeness (QED) is 0.400. The molecule has 7 heteroatoms. The molecule has 0 saturated carbocycles. The fourth-order valence-corrected chi connectivity index (χ4v) is 5.78. The van der Waals surface area contributed by atoms with Gasteiger partial charge >= 0.3 is 0 Å². The first-order chi connectivity index (χ1) is 17.1. The van der Waals surface area contributed by atoms with E-state index in [9.17, 15) is 4.91 Å². The van der Waals surface area contributed by atoms with Crippen molar-refractivity contribution in [2.75, 3.05) is 19.6 Å². The number of aromatic nitrogens is 1. The Bertz CT molecular complexity index is 1310. The number of ether oxygens (including phenoxy) is 2. The molecule has 0 amide bonds. The second kappa shape index (κ2) is 9.19. The molecule has 1 aromatic heterocycles. The summed E-state index contributed by atoms with van der Waals surface area (Å²) in [5.41, 5.74) is 6.63. The van der Waals surface area contributed by atoms with Crippen molar-refractivity contribution in [3.05, 3.63) is 98.7 Å². The van der Waals surface area contributed by atoms with Gasteiger partial charge in [-0.1, -0.05) is 29.8 Å². The van der Waals surface area contributed by atoms with Crippen molar-refractivity contribution in [1.82, 2.24) is 9.88 Å². The molecule has 3 aliphatic rings. The minimum Gasteiger partial charge on any atom is -0.487 e. The van der Waals surface area contributed by atoms with E-state index >= 15 is 0 Å².